The molecule has 0 aliphatic rings. The number of ether oxygens (including phenoxy) is 3. The van der Waals surface area contributed by atoms with E-state index in [-0.39, 0.29) is 74.9 Å². The van der Waals surface area contributed by atoms with E-state index in [0.29, 0.717) is 54.2 Å². The van der Waals surface area contributed by atoms with Crippen LogP contribution in [0.25, 0.3) is 11.0 Å². The molecular formula is C29H45BN6O7U. The summed E-state index contributed by atoms with van der Waals surface area (Å²) in [6.07, 6.45) is 4.13. The third-order valence-electron chi connectivity index (χ3n) is 5.92. The van der Waals surface area contributed by atoms with Crippen molar-refractivity contribution in [2.75, 3.05) is 25.1 Å². The molecule has 15 heteroatoms. The fourth-order valence-electron chi connectivity index (χ4n) is 3.99. The zero-order valence-electron chi connectivity index (χ0n) is 26.9. The minimum atomic E-state index is -0.687. The van der Waals surface area contributed by atoms with Gasteiger partial charge >= 0.3 is 17.9 Å². The second-order valence-corrected chi connectivity index (χ2v) is 8.41. The number of fused-ring (bicyclic) bond motifs is 1. The predicted octanol–water partition coefficient (Wildman–Crippen LogP) is 3.58. The number of anilines is 1. The van der Waals surface area contributed by atoms with E-state index in [9.17, 15) is 19.2 Å². The number of allylic oxidation sites excluding steroid dienone is 1. The number of H-pyrrole nitrogens is 1. The summed E-state index contributed by atoms with van der Waals surface area (Å²) < 4.78 is 23.6. The van der Waals surface area contributed by atoms with Gasteiger partial charge in [-0.1, -0.05) is 21.3 Å². The predicted molar refractivity (Wildman–Crippen MR) is 167 cm³/mol. The van der Waals surface area contributed by atoms with Crippen molar-refractivity contribution in [1.82, 2.24) is 24.5 Å². The van der Waals surface area contributed by atoms with E-state index >= 15 is 0 Å². The summed E-state index contributed by atoms with van der Waals surface area (Å²) >= 11 is 0. The molecule has 0 fully saturated rings. The Morgan fingerprint density at radius 3 is 1.98 bits per heavy atom. The number of aromatic nitrogens is 5. The summed E-state index contributed by atoms with van der Waals surface area (Å²) in [6.45, 7) is 14.6. The van der Waals surface area contributed by atoms with Crippen LogP contribution in [0.1, 0.15) is 78.4 Å². The zero-order valence-corrected chi connectivity index (χ0v) is 30.1. The molecule has 0 aliphatic carbocycles. The third-order valence-corrected chi connectivity index (χ3v) is 5.92. The van der Waals surface area contributed by atoms with Crippen LogP contribution in [0.2, 0.25) is 0 Å². The number of hydrogen-bond acceptors (Lipinski definition) is 10. The topological polar surface area (TPSA) is 159 Å². The van der Waals surface area contributed by atoms with Gasteiger partial charge in [-0.2, -0.15) is 10.2 Å². The molecule has 3 aromatic heterocycles. The van der Waals surface area contributed by atoms with Gasteiger partial charge in [0.05, 0.1) is 37.6 Å². The van der Waals surface area contributed by atoms with Gasteiger partial charge in [0, 0.05) is 70.0 Å². The molecule has 0 amide bonds. The minimum Gasteiger partial charge on any atom is -0.462 e. The van der Waals surface area contributed by atoms with Crippen molar-refractivity contribution < 1.29 is 59.7 Å². The number of carbonyl (C=O) groups is 3. The van der Waals surface area contributed by atoms with Crippen molar-refractivity contribution in [3.8, 4) is 0 Å². The number of nitrogens with one attached hydrogen (secondary N) is 2. The van der Waals surface area contributed by atoms with Gasteiger partial charge < -0.3 is 24.5 Å². The first-order valence-electron chi connectivity index (χ1n) is 14.4. The summed E-state index contributed by atoms with van der Waals surface area (Å²) in [5, 5.41) is 11.8. The Bertz CT molecular complexity index is 1430. The molecule has 0 aliphatic heterocycles. The van der Waals surface area contributed by atoms with E-state index in [1.54, 1.807) is 42.4 Å². The molecule has 3 rings (SSSR count). The first kappa shape index (κ1) is 40.7. The van der Waals surface area contributed by atoms with Gasteiger partial charge in [-0.25, -0.2) is 23.7 Å². The number of rotatable bonds is 12. The Labute approximate surface area is 285 Å². The van der Waals surface area contributed by atoms with Gasteiger partial charge in [-0.05, 0) is 48.8 Å². The van der Waals surface area contributed by atoms with Crippen LogP contribution in [-0.4, -0.2) is 72.0 Å². The van der Waals surface area contributed by atoms with Gasteiger partial charge in [0.1, 0.15) is 17.0 Å². The SMILES string of the molecule is C.CCOC(=O)C(C(=O)OCC)=C(CC)Nc1ccnn1CC.CCOC(=O)c1c(CC)[nH]c2c(cnn2CC)c1=O.[2H][B].[U]. The molecule has 3 heterocycles. The standard InChI is InChI=1S/C15H23N3O4.C13H17N3O3.CH4.BH.U/c1-5-11(17-12-9-10-16-18(12)6-2)13(14(19)21-7-3)15(20)22-8-4;1-4-9-10(13(18)19-6-3)11(17)8-7-14-16(5-2)12(8)15-9;;;/h9-10,17H,5-8H2,1-4H3;7H,4-6H2,1-3H3,(H,15,17);1H4;1H;/i;;;1D;. The maximum atomic E-state index is 12.4. The minimum absolute atomic E-state index is 0. The van der Waals surface area contributed by atoms with E-state index in [1.807, 2.05) is 27.7 Å². The molecule has 3 aromatic rings. The number of esters is 3. The summed E-state index contributed by atoms with van der Waals surface area (Å²) in [5.41, 5.74) is 1.36. The molecule has 0 atom stereocenters. The van der Waals surface area contributed by atoms with Gasteiger partial charge in [0.15, 0.2) is 5.57 Å². The summed E-state index contributed by atoms with van der Waals surface area (Å²) in [7, 11) is 3.75. The van der Waals surface area contributed by atoms with Crippen LogP contribution in [-0.2, 0) is 43.3 Å². The Balaban J connectivity index is 0. The molecular weight excluding hydrogens is 793 g/mol. The van der Waals surface area contributed by atoms with Gasteiger partial charge in [0.2, 0.25) is 5.43 Å². The summed E-state index contributed by atoms with van der Waals surface area (Å²) in [4.78, 5) is 51.6. The molecule has 2 N–H and O–H groups in total. The second kappa shape index (κ2) is 21.4. The Morgan fingerprint density at radius 2 is 1.50 bits per heavy atom. The van der Waals surface area contributed by atoms with Crippen molar-refractivity contribution in [3.63, 3.8) is 0 Å². The van der Waals surface area contributed by atoms with E-state index in [2.05, 4.69) is 28.9 Å². The van der Waals surface area contributed by atoms with Crippen LogP contribution < -0.4 is 10.7 Å². The van der Waals surface area contributed by atoms with Crippen molar-refractivity contribution >= 4 is 43.1 Å². The second-order valence-electron chi connectivity index (χ2n) is 8.41. The molecule has 240 valence electrons. The molecule has 0 saturated carbocycles. The molecule has 0 saturated heterocycles. The van der Waals surface area contributed by atoms with Crippen molar-refractivity contribution in [2.45, 2.75) is 81.8 Å². The third kappa shape index (κ3) is 10.4. The molecule has 2 radical (unpaired) electrons. The Hall–Kier alpha value is -3.30. The van der Waals surface area contributed by atoms with Crippen molar-refractivity contribution in [3.05, 3.63) is 51.2 Å². The van der Waals surface area contributed by atoms with E-state index in [0.717, 1.165) is 0 Å². The summed E-state index contributed by atoms with van der Waals surface area (Å²) in [6, 6.07) is 1.77. The quantitative estimate of drug-likeness (QED) is 0.0690. The number of nitrogens with zero attached hydrogens (tertiary/aromatic N) is 4. The number of pyridine rings is 1. The van der Waals surface area contributed by atoms with Crippen LogP contribution in [0.15, 0.2) is 34.5 Å². The van der Waals surface area contributed by atoms with Crippen LogP contribution >= 0.6 is 0 Å². The van der Waals surface area contributed by atoms with E-state index < -0.39 is 17.9 Å². The molecule has 0 bridgehead atoms. The van der Waals surface area contributed by atoms with Gasteiger partial charge in [-0.15, -0.1) is 0 Å². The van der Waals surface area contributed by atoms with Gasteiger partial charge in [0.25, 0.3) is 0 Å². The number of aryl methyl sites for hydroxylation is 3. The summed E-state index contributed by atoms with van der Waals surface area (Å²) in [5.74, 6) is -1.25. The zero-order chi connectivity index (χ0) is 32.5. The van der Waals surface area contributed by atoms with Crippen LogP contribution in [0.5, 0.6) is 0 Å². The smallest absolute Gasteiger partial charge is 0.347 e. The van der Waals surface area contributed by atoms with E-state index in [4.69, 9.17) is 15.5 Å². The Kier molecular flexibility index (Phi) is 19.8. The normalized spacial score (nSPS) is 9.84. The van der Waals surface area contributed by atoms with Gasteiger partial charge in [-0.3, -0.25) is 4.79 Å². The van der Waals surface area contributed by atoms with Crippen LogP contribution in [0.3, 0.4) is 0 Å². The molecule has 0 spiro atoms. The van der Waals surface area contributed by atoms with Crippen LogP contribution in [0.4, 0.5) is 5.82 Å². The number of carbonyl (C=O) groups excluding carboxylic acids is 3. The Morgan fingerprint density at radius 1 is 0.932 bits per heavy atom. The van der Waals surface area contributed by atoms with Crippen LogP contribution in [0, 0.1) is 31.1 Å². The van der Waals surface area contributed by atoms with E-state index in [1.165, 1.54) is 6.20 Å². The van der Waals surface area contributed by atoms with Crippen molar-refractivity contribution in [1.29, 1.82) is 1.34 Å². The number of hydrogen-bond donors (Lipinski definition) is 2. The molecule has 44 heavy (non-hydrogen) atoms. The van der Waals surface area contributed by atoms with Crippen molar-refractivity contribution in [2.24, 2.45) is 0 Å². The first-order chi connectivity index (χ1) is 20.7. The molecule has 13 nitrogen and oxygen atoms in total. The monoisotopic (exact) mass is 839 g/mol. The maximum absolute atomic E-state index is 12.4. The average molecular weight is 840 g/mol. The number of aromatic amines is 1. The molecule has 0 unspecified atom stereocenters. The molecule has 0 aromatic carbocycles. The maximum Gasteiger partial charge on any atom is 0.347 e. The largest absolute Gasteiger partial charge is 0.462 e. The average Bonchev–Trinajstić information content (AvgIpc) is 3.64. The first-order valence-corrected chi connectivity index (χ1v) is 13.9. The fraction of sp³-hybridized carbons (Fsp3) is 0.517. The fourth-order valence-corrected chi connectivity index (χ4v) is 3.99.